The molecule has 6 heteroatoms. The zero-order valence-electron chi connectivity index (χ0n) is 16.0. The van der Waals surface area contributed by atoms with Crippen molar-refractivity contribution >= 4 is 17.7 Å². The number of hydrogen-bond acceptors (Lipinski definition) is 5. The van der Waals surface area contributed by atoms with Gasteiger partial charge in [-0.15, -0.1) is 10.2 Å². The molecule has 0 saturated carbocycles. The summed E-state index contributed by atoms with van der Waals surface area (Å²) in [7, 11) is 1.65. The third kappa shape index (κ3) is 5.82. The largest absolute Gasteiger partial charge is 0.497 e. The molecular weight excluding hydrogens is 370 g/mol. The minimum Gasteiger partial charge on any atom is -0.497 e. The highest BCUT2D eigenvalue weighted by Crippen LogP contribution is 2.20. The standard InChI is InChI=1S/C22H23N3O2S/c1-16-3-7-18(8-4-16)20-11-12-22(25-24-20)28-15-21(26)23-14-13-17-5-9-19(27-2)10-6-17/h3-12H,13-15H2,1-2H3,(H,23,26). The molecule has 0 aliphatic rings. The molecule has 0 saturated heterocycles. The second-order valence-electron chi connectivity index (χ2n) is 6.36. The summed E-state index contributed by atoms with van der Waals surface area (Å²) in [5.41, 5.74) is 4.23. The smallest absolute Gasteiger partial charge is 0.230 e. The molecule has 28 heavy (non-hydrogen) atoms. The van der Waals surface area contributed by atoms with E-state index in [0.29, 0.717) is 12.3 Å². The predicted molar refractivity (Wildman–Crippen MR) is 113 cm³/mol. The summed E-state index contributed by atoms with van der Waals surface area (Å²) in [6.07, 6.45) is 0.783. The number of nitrogens with one attached hydrogen (secondary N) is 1. The SMILES string of the molecule is COc1ccc(CCNC(=O)CSc2ccc(-c3ccc(C)cc3)nn2)cc1. The zero-order chi connectivity index (χ0) is 19.8. The Bertz CT molecular complexity index is 895. The summed E-state index contributed by atoms with van der Waals surface area (Å²) in [6, 6.07) is 19.9. The van der Waals surface area contributed by atoms with E-state index in [1.807, 2.05) is 48.5 Å². The highest BCUT2D eigenvalue weighted by atomic mass is 32.2. The summed E-state index contributed by atoms with van der Waals surface area (Å²) < 4.78 is 5.14. The number of amides is 1. The van der Waals surface area contributed by atoms with Crippen LogP contribution in [0.3, 0.4) is 0 Å². The summed E-state index contributed by atoms with van der Waals surface area (Å²) >= 11 is 1.38. The van der Waals surface area contributed by atoms with Crippen molar-refractivity contribution in [1.29, 1.82) is 0 Å². The maximum absolute atomic E-state index is 12.0. The Labute approximate surface area is 169 Å². The first kappa shape index (κ1) is 19.9. The Kier molecular flexibility index (Phi) is 7.03. The van der Waals surface area contributed by atoms with Gasteiger partial charge in [-0.3, -0.25) is 4.79 Å². The Morgan fingerprint density at radius 3 is 2.39 bits per heavy atom. The topological polar surface area (TPSA) is 64.1 Å². The van der Waals surface area contributed by atoms with E-state index in [1.165, 1.54) is 17.3 Å². The molecule has 0 unspecified atom stereocenters. The fraction of sp³-hybridized carbons (Fsp3) is 0.227. The molecule has 3 aromatic rings. The monoisotopic (exact) mass is 393 g/mol. The number of carbonyl (C=O) groups excluding carboxylic acids is 1. The second-order valence-corrected chi connectivity index (χ2v) is 7.36. The van der Waals surface area contributed by atoms with Gasteiger partial charge in [-0.05, 0) is 43.2 Å². The molecule has 1 N–H and O–H groups in total. The van der Waals surface area contributed by atoms with Crippen molar-refractivity contribution in [1.82, 2.24) is 15.5 Å². The Morgan fingerprint density at radius 1 is 1.00 bits per heavy atom. The van der Waals surface area contributed by atoms with Crippen molar-refractivity contribution in [3.63, 3.8) is 0 Å². The van der Waals surface area contributed by atoms with Crippen molar-refractivity contribution < 1.29 is 9.53 Å². The van der Waals surface area contributed by atoms with E-state index < -0.39 is 0 Å². The van der Waals surface area contributed by atoms with E-state index in [2.05, 4.69) is 34.6 Å². The van der Waals surface area contributed by atoms with E-state index in [9.17, 15) is 4.79 Å². The first-order valence-corrected chi connectivity index (χ1v) is 10.1. The molecule has 0 fully saturated rings. The highest BCUT2D eigenvalue weighted by molar-refractivity contribution is 7.99. The molecule has 1 heterocycles. The number of aryl methyl sites for hydroxylation is 1. The molecule has 0 aliphatic heterocycles. The van der Waals surface area contributed by atoms with Gasteiger partial charge in [-0.2, -0.15) is 0 Å². The van der Waals surface area contributed by atoms with Crippen LogP contribution < -0.4 is 10.1 Å². The molecule has 1 aromatic heterocycles. The van der Waals surface area contributed by atoms with Crippen molar-refractivity contribution in [2.45, 2.75) is 18.4 Å². The van der Waals surface area contributed by atoms with Gasteiger partial charge in [0, 0.05) is 12.1 Å². The van der Waals surface area contributed by atoms with E-state index in [1.54, 1.807) is 7.11 Å². The van der Waals surface area contributed by atoms with Crippen LogP contribution >= 0.6 is 11.8 Å². The molecule has 0 radical (unpaired) electrons. The molecule has 2 aromatic carbocycles. The van der Waals surface area contributed by atoms with E-state index in [0.717, 1.165) is 34.0 Å². The summed E-state index contributed by atoms with van der Waals surface area (Å²) in [4.78, 5) is 12.0. The highest BCUT2D eigenvalue weighted by Gasteiger charge is 2.06. The lowest BCUT2D eigenvalue weighted by Gasteiger charge is -2.06. The lowest BCUT2D eigenvalue weighted by Crippen LogP contribution is -2.27. The van der Waals surface area contributed by atoms with Crippen LogP contribution in [0.25, 0.3) is 11.3 Å². The van der Waals surface area contributed by atoms with Crippen molar-refractivity contribution in [3.05, 3.63) is 71.8 Å². The molecule has 0 atom stereocenters. The fourth-order valence-corrected chi connectivity index (χ4v) is 3.25. The van der Waals surface area contributed by atoms with Gasteiger partial charge in [-0.1, -0.05) is 53.7 Å². The number of hydrogen-bond donors (Lipinski definition) is 1. The van der Waals surface area contributed by atoms with Crippen LogP contribution in [-0.4, -0.2) is 35.5 Å². The number of ether oxygens (including phenoxy) is 1. The van der Waals surface area contributed by atoms with Crippen molar-refractivity contribution in [2.75, 3.05) is 19.4 Å². The van der Waals surface area contributed by atoms with Gasteiger partial charge in [0.2, 0.25) is 5.91 Å². The maximum atomic E-state index is 12.0. The lowest BCUT2D eigenvalue weighted by atomic mass is 10.1. The van der Waals surface area contributed by atoms with E-state index in [-0.39, 0.29) is 5.91 Å². The van der Waals surface area contributed by atoms with Crippen LogP contribution in [0.4, 0.5) is 0 Å². The van der Waals surface area contributed by atoms with Gasteiger partial charge < -0.3 is 10.1 Å². The van der Waals surface area contributed by atoms with E-state index in [4.69, 9.17) is 4.74 Å². The fourth-order valence-electron chi connectivity index (χ4n) is 2.60. The van der Waals surface area contributed by atoms with Crippen LogP contribution in [0, 0.1) is 6.92 Å². The number of rotatable bonds is 8. The quantitative estimate of drug-likeness (QED) is 0.588. The van der Waals surface area contributed by atoms with Gasteiger partial charge >= 0.3 is 0 Å². The molecule has 0 spiro atoms. The second kappa shape index (κ2) is 9.90. The minimum atomic E-state index is -0.0112. The molecule has 5 nitrogen and oxygen atoms in total. The summed E-state index contributed by atoms with van der Waals surface area (Å²) in [5, 5.41) is 12.1. The van der Waals surface area contributed by atoms with Crippen LogP contribution in [0.2, 0.25) is 0 Å². The molecule has 1 amide bonds. The molecule has 0 bridgehead atoms. The normalized spacial score (nSPS) is 10.5. The number of carbonyl (C=O) groups is 1. The van der Waals surface area contributed by atoms with Gasteiger partial charge in [-0.25, -0.2) is 0 Å². The Morgan fingerprint density at radius 2 is 1.75 bits per heavy atom. The third-order valence-corrected chi connectivity index (χ3v) is 5.15. The van der Waals surface area contributed by atoms with Crippen LogP contribution in [0.5, 0.6) is 5.75 Å². The van der Waals surface area contributed by atoms with Crippen LogP contribution in [0.15, 0.2) is 65.7 Å². The summed E-state index contributed by atoms with van der Waals surface area (Å²) in [6.45, 7) is 2.65. The third-order valence-electron chi connectivity index (χ3n) is 4.23. The molecule has 0 aliphatic carbocycles. The van der Waals surface area contributed by atoms with E-state index >= 15 is 0 Å². The number of aromatic nitrogens is 2. The number of methoxy groups -OCH3 is 1. The lowest BCUT2D eigenvalue weighted by molar-refractivity contribution is -0.118. The average Bonchev–Trinajstić information content (AvgIpc) is 2.74. The molecular formula is C22H23N3O2S. The zero-order valence-corrected chi connectivity index (χ0v) is 16.8. The first-order valence-electron chi connectivity index (χ1n) is 9.07. The Balaban J connectivity index is 1.42. The Hall–Kier alpha value is -2.86. The van der Waals surface area contributed by atoms with Crippen molar-refractivity contribution in [3.8, 4) is 17.0 Å². The van der Waals surface area contributed by atoms with Crippen LogP contribution in [0.1, 0.15) is 11.1 Å². The van der Waals surface area contributed by atoms with Gasteiger partial charge in [0.25, 0.3) is 0 Å². The molecule has 144 valence electrons. The van der Waals surface area contributed by atoms with Gasteiger partial charge in [0.15, 0.2) is 0 Å². The number of thioether (sulfide) groups is 1. The predicted octanol–water partition coefficient (Wildman–Crippen LogP) is 3.91. The average molecular weight is 394 g/mol. The van der Waals surface area contributed by atoms with Gasteiger partial charge in [0.05, 0.1) is 18.6 Å². The maximum Gasteiger partial charge on any atom is 0.230 e. The van der Waals surface area contributed by atoms with Crippen molar-refractivity contribution in [2.24, 2.45) is 0 Å². The van der Waals surface area contributed by atoms with Gasteiger partial charge in [0.1, 0.15) is 10.8 Å². The minimum absolute atomic E-state index is 0.0112. The molecule has 3 rings (SSSR count). The summed E-state index contributed by atoms with van der Waals surface area (Å²) in [5.74, 6) is 1.14. The van der Waals surface area contributed by atoms with Crippen LogP contribution in [-0.2, 0) is 11.2 Å². The first-order chi connectivity index (χ1) is 13.6. The number of nitrogens with zero attached hydrogens (tertiary/aromatic N) is 2. The number of benzene rings is 2.